The van der Waals surface area contributed by atoms with Crippen molar-refractivity contribution in [2.45, 2.75) is 25.7 Å². The number of halogens is 2. The van der Waals surface area contributed by atoms with Gasteiger partial charge >= 0.3 is 0 Å². The molecule has 0 radical (unpaired) electrons. The zero-order valence-corrected chi connectivity index (χ0v) is 10.4. The lowest BCUT2D eigenvalue weighted by molar-refractivity contribution is 0.469. The van der Waals surface area contributed by atoms with Crippen molar-refractivity contribution in [3.05, 3.63) is 39.9 Å². The molecule has 1 aromatic carbocycles. The Morgan fingerprint density at radius 3 is 2.44 bits per heavy atom. The van der Waals surface area contributed by atoms with Crippen LogP contribution in [0.5, 0.6) is 5.75 Å². The van der Waals surface area contributed by atoms with Crippen molar-refractivity contribution >= 4 is 23.2 Å². The molecule has 0 saturated carbocycles. The summed E-state index contributed by atoms with van der Waals surface area (Å²) in [6.45, 7) is 0. The van der Waals surface area contributed by atoms with Crippen molar-refractivity contribution < 1.29 is 5.11 Å². The van der Waals surface area contributed by atoms with Crippen molar-refractivity contribution in [1.29, 1.82) is 0 Å². The van der Waals surface area contributed by atoms with Gasteiger partial charge in [-0.2, -0.15) is 0 Å². The summed E-state index contributed by atoms with van der Waals surface area (Å²) in [5, 5.41) is 10.1. The van der Waals surface area contributed by atoms with Crippen LogP contribution in [0.15, 0.2) is 24.3 Å². The monoisotopic (exact) mass is 256 g/mol. The largest absolute Gasteiger partial charge is 0.505 e. The number of phenolic OH excluding ortho intramolecular Hbond substituents is 1. The van der Waals surface area contributed by atoms with Crippen LogP contribution in [-0.2, 0) is 6.42 Å². The molecule has 0 aliphatic heterocycles. The van der Waals surface area contributed by atoms with Gasteiger partial charge in [-0.15, -0.1) is 0 Å². The van der Waals surface area contributed by atoms with E-state index in [1.54, 1.807) is 12.1 Å². The first-order valence-electron chi connectivity index (χ1n) is 5.48. The van der Waals surface area contributed by atoms with Crippen LogP contribution in [0.4, 0.5) is 0 Å². The van der Waals surface area contributed by atoms with Gasteiger partial charge in [0.2, 0.25) is 0 Å². The number of aromatic hydroxyl groups is 1. The molecule has 0 fully saturated rings. The Balaban J connectivity index is 2.12. The quantitative estimate of drug-likeness (QED) is 0.768. The molecule has 1 nitrogen and oxygen atoms in total. The minimum atomic E-state index is -0.0179. The van der Waals surface area contributed by atoms with E-state index in [0.717, 1.165) is 24.8 Å². The van der Waals surface area contributed by atoms with Crippen molar-refractivity contribution in [2.75, 3.05) is 0 Å². The Morgan fingerprint density at radius 2 is 1.88 bits per heavy atom. The smallest absolute Gasteiger partial charge is 0.152 e. The van der Waals surface area contributed by atoms with Gasteiger partial charge in [0.15, 0.2) is 5.75 Å². The summed E-state index contributed by atoms with van der Waals surface area (Å²) >= 11 is 11.8. The molecule has 0 unspecified atom stereocenters. The van der Waals surface area contributed by atoms with E-state index in [9.17, 15) is 5.11 Å². The van der Waals surface area contributed by atoms with Crippen molar-refractivity contribution in [2.24, 2.45) is 5.92 Å². The number of rotatable bonds is 2. The summed E-state index contributed by atoms with van der Waals surface area (Å²) in [4.78, 5) is 0. The van der Waals surface area contributed by atoms with E-state index in [1.165, 1.54) is 6.42 Å². The molecule has 1 aliphatic carbocycles. The van der Waals surface area contributed by atoms with Gasteiger partial charge in [-0.05, 0) is 49.3 Å². The molecule has 0 spiro atoms. The molecule has 1 aliphatic rings. The van der Waals surface area contributed by atoms with Crippen LogP contribution in [0.3, 0.4) is 0 Å². The number of benzene rings is 1. The second-order valence-electron chi connectivity index (χ2n) is 4.26. The average Bonchev–Trinajstić information content (AvgIpc) is 2.27. The molecule has 0 bridgehead atoms. The average molecular weight is 257 g/mol. The van der Waals surface area contributed by atoms with Gasteiger partial charge in [0.05, 0.1) is 10.0 Å². The minimum Gasteiger partial charge on any atom is -0.505 e. The van der Waals surface area contributed by atoms with Crippen LogP contribution in [0.1, 0.15) is 24.8 Å². The van der Waals surface area contributed by atoms with E-state index in [2.05, 4.69) is 12.2 Å². The van der Waals surface area contributed by atoms with Gasteiger partial charge in [-0.3, -0.25) is 0 Å². The van der Waals surface area contributed by atoms with E-state index in [-0.39, 0.29) is 5.75 Å². The van der Waals surface area contributed by atoms with Crippen molar-refractivity contribution in [3.8, 4) is 5.75 Å². The fourth-order valence-corrected chi connectivity index (χ4v) is 2.64. The van der Waals surface area contributed by atoms with Gasteiger partial charge in [0.1, 0.15) is 0 Å². The molecule has 3 heteroatoms. The van der Waals surface area contributed by atoms with Crippen LogP contribution in [0.2, 0.25) is 10.0 Å². The number of phenols is 1. The highest BCUT2D eigenvalue weighted by Gasteiger charge is 2.13. The lowest BCUT2D eigenvalue weighted by atomic mass is 9.88. The molecule has 1 N–H and O–H groups in total. The van der Waals surface area contributed by atoms with Crippen LogP contribution in [0.25, 0.3) is 0 Å². The van der Waals surface area contributed by atoms with Gasteiger partial charge < -0.3 is 5.11 Å². The molecule has 2 rings (SSSR count). The maximum atomic E-state index is 9.46. The third-order valence-corrected chi connectivity index (χ3v) is 3.55. The van der Waals surface area contributed by atoms with Gasteiger partial charge in [0.25, 0.3) is 0 Å². The van der Waals surface area contributed by atoms with E-state index in [1.807, 2.05) is 0 Å². The summed E-state index contributed by atoms with van der Waals surface area (Å²) in [6, 6.07) is 3.61. The second kappa shape index (κ2) is 5.11. The number of hydrogen-bond donors (Lipinski definition) is 1. The fraction of sp³-hybridized carbons (Fsp3) is 0.385. The van der Waals surface area contributed by atoms with Crippen molar-refractivity contribution in [3.63, 3.8) is 0 Å². The van der Waals surface area contributed by atoms with Crippen LogP contribution in [0, 0.1) is 5.92 Å². The van der Waals surface area contributed by atoms with Crippen LogP contribution >= 0.6 is 23.2 Å². The molecule has 16 heavy (non-hydrogen) atoms. The van der Waals surface area contributed by atoms with Gasteiger partial charge in [-0.1, -0.05) is 35.4 Å². The zero-order chi connectivity index (χ0) is 11.5. The number of hydrogen-bond acceptors (Lipinski definition) is 1. The lowest BCUT2D eigenvalue weighted by Crippen LogP contribution is -2.06. The fourth-order valence-electron chi connectivity index (χ4n) is 2.11. The Labute approximate surface area is 106 Å². The summed E-state index contributed by atoms with van der Waals surface area (Å²) in [5.74, 6) is 0.650. The van der Waals surface area contributed by atoms with Crippen LogP contribution in [-0.4, -0.2) is 5.11 Å². The van der Waals surface area contributed by atoms with Crippen molar-refractivity contribution in [1.82, 2.24) is 0 Å². The van der Waals surface area contributed by atoms with E-state index >= 15 is 0 Å². The van der Waals surface area contributed by atoms with Gasteiger partial charge in [-0.25, -0.2) is 0 Å². The SMILES string of the molecule is Oc1c(Cl)cc(C[C@@H]2CC=CCC2)cc1Cl. The second-order valence-corrected chi connectivity index (χ2v) is 5.08. The predicted octanol–water partition coefficient (Wildman–Crippen LogP) is 4.60. The summed E-state index contributed by atoms with van der Waals surface area (Å²) in [7, 11) is 0. The summed E-state index contributed by atoms with van der Waals surface area (Å²) in [5.41, 5.74) is 1.10. The first-order valence-corrected chi connectivity index (χ1v) is 6.24. The Bertz CT molecular complexity index is 389. The third-order valence-electron chi connectivity index (χ3n) is 2.98. The normalized spacial score (nSPS) is 20.0. The topological polar surface area (TPSA) is 20.2 Å². The molecule has 0 amide bonds. The minimum absolute atomic E-state index is 0.0179. The predicted molar refractivity (Wildman–Crippen MR) is 68.3 cm³/mol. The molecule has 0 heterocycles. The Kier molecular flexibility index (Phi) is 3.78. The van der Waals surface area contributed by atoms with E-state index in [0.29, 0.717) is 16.0 Å². The summed E-state index contributed by atoms with van der Waals surface area (Å²) < 4.78 is 0. The maximum absolute atomic E-state index is 9.46. The van der Waals surface area contributed by atoms with Crippen LogP contribution < -0.4 is 0 Å². The Hall–Kier alpha value is -0.660. The van der Waals surface area contributed by atoms with E-state index in [4.69, 9.17) is 23.2 Å². The summed E-state index contributed by atoms with van der Waals surface area (Å²) in [6.07, 6.45) is 8.93. The highest BCUT2D eigenvalue weighted by molar-refractivity contribution is 6.37. The first kappa shape index (κ1) is 11.8. The highest BCUT2D eigenvalue weighted by atomic mass is 35.5. The molecular weight excluding hydrogens is 243 g/mol. The number of allylic oxidation sites excluding steroid dienone is 2. The van der Waals surface area contributed by atoms with Gasteiger partial charge in [0, 0.05) is 0 Å². The molecule has 1 aromatic rings. The Morgan fingerprint density at radius 1 is 1.19 bits per heavy atom. The third kappa shape index (κ3) is 2.72. The zero-order valence-electron chi connectivity index (χ0n) is 8.92. The molecule has 0 saturated heterocycles. The first-order chi connectivity index (χ1) is 7.66. The van der Waals surface area contributed by atoms with E-state index < -0.39 is 0 Å². The standard InChI is InChI=1S/C13H14Cl2O/c14-11-7-10(8-12(15)13(11)16)6-9-4-2-1-3-5-9/h1-2,7-9,16H,3-6H2/t9-/m1/s1. The molecule has 1 atom stereocenters. The highest BCUT2D eigenvalue weighted by Crippen LogP contribution is 2.34. The lowest BCUT2D eigenvalue weighted by Gasteiger charge is -2.18. The maximum Gasteiger partial charge on any atom is 0.152 e. The molecule has 86 valence electrons. The molecular formula is C13H14Cl2O. The molecule has 0 aromatic heterocycles.